The Morgan fingerprint density at radius 3 is 2.15 bits per heavy atom. The van der Waals surface area contributed by atoms with Gasteiger partial charge in [-0.15, -0.1) is 0 Å². The molecule has 2 rings (SSSR count). The van der Waals surface area contributed by atoms with Gasteiger partial charge < -0.3 is 10.4 Å². The molecular formula is C18H19FN2O5S. The van der Waals surface area contributed by atoms with E-state index in [9.17, 15) is 22.4 Å². The van der Waals surface area contributed by atoms with Crippen LogP contribution in [-0.4, -0.2) is 25.4 Å². The van der Waals surface area contributed by atoms with Crippen molar-refractivity contribution in [2.45, 2.75) is 25.7 Å². The van der Waals surface area contributed by atoms with Crippen LogP contribution in [0.5, 0.6) is 0 Å². The number of carboxylic acid groups (broad SMARTS) is 1. The molecule has 144 valence electrons. The van der Waals surface area contributed by atoms with Gasteiger partial charge in [0.25, 0.3) is 10.0 Å². The molecule has 3 N–H and O–H groups in total. The van der Waals surface area contributed by atoms with Crippen LogP contribution in [-0.2, 0) is 14.8 Å². The zero-order valence-corrected chi connectivity index (χ0v) is 15.7. The number of benzene rings is 2. The highest BCUT2D eigenvalue weighted by atomic mass is 32.2. The van der Waals surface area contributed by atoms with Crippen LogP contribution in [0.15, 0.2) is 41.3 Å². The molecule has 0 radical (unpaired) electrons. The summed E-state index contributed by atoms with van der Waals surface area (Å²) in [6.07, 6.45) is 0. The number of sulfonamides is 1. The summed E-state index contributed by atoms with van der Waals surface area (Å²) in [5, 5.41) is 11.7. The zero-order chi connectivity index (χ0) is 20.4. The zero-order valence-electron chi connectivity index (χ0n) is 14.9. The molecule has 0 fully saturated rings. The molecule has 0 atom stereocenters. The lowest BCUT2D eigenvalue weighted by molar-refractivity contribution is -0.118. The van der Waals surface area contributed by atoms with Gasteiger partial charge in [0.1, 0.15) is 5.82 Å². The Morgan fingerprint density at radius 1 is 1.07 bits per heavy atom. The predicted molar refractivity (Wildman–Crippen MR) is 98.8 cm³/mol. The number of anilines is 2. The Balaban J connectivity index is 2.29. The van der Waals surface area contributed by atoms with Crippen molar-refractivity contribution in [3.8, 4) is 0 Å². The highest BCUT2D eigenvalue weighted by Crippen LogP contribution is 2.24. The third-order valence-corrected chi connectivity index (χ3v) is 5.27. The van der Waals surface area contributed by atoms with Gasteiger partial charge in [-0.25, -0.2) is 17.6 Å². The van der Waals surface area contributed by atoms with Crippen LogP contribution >= 0.6 is 0 Å². The van der Waals surface area contributed by atoms with Crippen molar-refractivity contribution in [3.05, 3.63) is 53.3 Å². The minimum atomic E-state index is -4.21. The van der Waals surface area contributed by atoms with Crippen LogP contribution in [0.25, 0.3) is 0 Å². The van der Waals surface area contributed by atoms with Gasteiger partial charge >= 0.3 is 5.97 Å². The average Bonchev–Trinajstić information content (AvgIpc) is 2.58. The molecule has 0 spiro atoms. The number of nitrogens with one attached hydrogen (secondary N) is 2. The Kier molecular flexibility index (Phi) is 5.85. The van der Waals surface area contributed by atoms with E-state index < -0.39 is 32.3 Å². The van der Waals surface area contributed by atoms with Crippen LogP contribution in [0, 0.1) is 18.7 Å². The molecule has 2 aromatic rings. The van der Waals surface area contributed by atoms with Gasteiger partial charge in [0.15, 0.2) is 0 Å². The number of halogens is 1. The van der Waals surface area contributed by atoms with Crippen molar-refractivity contribution in [1.29, 1.82) is 0 Å². The molecular weight excluding hydrogens is 375 g/mol. The first kappa shape index (κ1) is 20.4. The number of aromatic carboxylic acids is 1. The fraction of sp³-hybridized carbons (Fsp3) is 0.222. The highest BCUT2D eigenvalue weighted by molar-refractivity contribution is 7.92. The van der Waals surface area contributed by atoms with Crippen molar-refractivity contribution >= 4 is 33.3 Å². The van der Waals surface area contributed by atoms with Crippen molar-refractivity contribution in [2.24, 2.45) is 5.92 Å². The van der Waals surface area contributed by atoms with Gasteiger partial charge in [-0.05, 0) is 43.3 Å². The molecule has 0 aliphatic heterocycles. The van der Waals surface area contributed by atoms with E-state index in [1.54, 1.807) is 13.8 Å². The van der Waals surface area contributed by atoms with E-state index in [2.05, 4.69) is 10.0 Å². The van der Waals surface area contributed by atoms with Gasteiger partial charge in [-0.1, -0.05) is 13.8 Å². The van der Waals surface area contributed by atoms with E-state index in [0.29, 0.717) is 5.69 Å². The molecule has 1 amide bonds. The van der Waals surface area contributed by atoms with Crippen LogP contribution in [0.2, 0.25) is 0 Å². The standard InChI is InChI=1S/C18H19FN2O5S/c1-10(2)17(22)20-13-4-6-14(7-5-13)21-27(25,26)16-9-12(18(23)24)8-15(19)11(16)3/h4-10,21H,1-3H3,(H,20,22)(H,23,24). The van der Waals surface area contributed by atoms with Crippen molar-refractivity contribution in [1.82, 2.24) is 0 Å². The molecule has 0 aliphatic carbocycles. The van der Waals surface area contributed by atoms with E-state index >= 15 is 0 Å². The van der Waals surface area contributed by atoms with E-state index in [4.69, 9.17) is 5.11 Å². The van der Waals surface area contributed by atoms with Crippen LogP contribution in [0.3, 0.4) is 0 Å². The Bertz CT molecular complexity index is 986. The number of hydrogen-bond donors (Lipinski definition) is 3. The number of carboxylic acids is 1. The Hall–Kier alpha value is -2.94. The fourth-order valence-corrected chi connectivity index (χ4v) is 3.51. The predicted octanol–water partition coefficient (Wildman–Crippen LogP) is 3.23. The molecule has 0 bridgehead atoms. The SMILES string of the molecule is Cc1c(F)cc(C(=O)O)cc1S(=O)(=O)Nc1ccc(NC(=O)C(C)C)cc1. The summed E-state index contributed by atoms with van der Waals surface area (Å²) in [6.45, 7) is 4.73. The lowest BCUT2D eigenvalue weighted by atomic mass is 10.1. The lowest BCUT2D eigenvalue weighted by Crippen LogP contribution is -2.18. The summed E-state index contributed by atoms with van der Waals surface area (Å²) in [6, 6.07) is 7.56. The highest BCUT2D eigenvalue weighted by Gasteiger charge is 2.22. The van der Waals surface area contributed by atoms with Crippen molar-refractivity contribution in [3.63, 3.8) is 0 Å². The van der Waals surface area contributed by atoms with Gasteiger partial charge in [0.05, 0.1) is 10.5 Å². The van der Waals surface area contributed by atoms with Gasteiger partial charge in [0.2, 0.25) is 5.91 Å². The Labute approximate surface area is 156 Å². The number of rotatable bonds is 6. The molecule has 0 heterocycles. The first-order valence-corrected chi connectivity index (χ1v) is 9.47. The first-order chi connectivity index (χ1) is 12.5. The number of hydrogen-bond acceptors (Lipinski definition) is 4. The number of amides is 1. The van der Waals surface area contributed by atoms with Crippen LogP contribution in [0.1, 0.15) is 29.8 Å². The van der Waals surface area contributed by atoms with E-state index in [1.165, 1.54) is 31.2 Å². The third kappa shape index (κ3) is 4.82. The maximum atomic E-state index is 13.9. The summed E-state index contributed by atoms with van der Waals surface area (Å²) in [7, 11) is -4.21. The molecule has 27 heavy (non-hydrogen) atoms. The minimum absolute atomic E-state index is 0.179. The largest absolute Gasteiger partial charge is 0.478 e. The maximum Gasteiger partial charge on any atom is 0.335 e. The molecule has 0 saturated heterocycles. The van der Waals surface area contributed by atoms with E-state index in [0.717, 1.165) is 12.1 Å². The minimum Gasteiger partial charge on any atom is -0.478 e. The molecule has 0 aromatic heterocycles. The maximum absolute atomic E-state index is 13.9. The molecule has 0 unspecified atom stereocenters. The lowest BCUT2D eigenvalue weighted by Gasteiger charge is -2.13. The van der Waals surface area contributed by atoms with Gasteiger partial charge in [0, 0.05) is 22.9 Å². The topological polar surface area (TPSA) is 113 Å². The van der Waals surface area contributed by atoms with Gasteiger partial charge in [-0.2, -0.15) is 0 Å². The third-order valence-electron chi connectivity index (χ3n) is 3.76. The second-order valence-electron chi connectivity index (χ2n) is 6.21. The molecule has 2 aromatic carbocycles. The molecule has 7 nitrogen and oxygen atoms in total. The number of carbonyl (C=O) groups is 2. The van der Waals surface area contributed by atoms with Crippen LogP contribution < -0.4 is 10.0 Å². The van der Waals surface area contributed by atoms with Crippen molar-refractivity contribution in [2.75, 3.05) is 10.0 Å². The average molecular weight is 394 g/mol. The van der Waals surface area contributed by atoms with E-state index in [1.807, 2.05) is 0 Å². The summed E-state index contributed by atoms with van der Waals surface area (Å²) in [5.74, 6) is -2.75. The monoisotopic (exact) mass is 394 g/mol. The summed E-state index contributed by atoms with van der Waals surface area (Å²) in [5.41, 5.74) is 0.0170. The number of carbonyl (C=O) groups excluding carboxylic acids is 1. The second kappa shape index (κ2) is 7.75. The fourth-order valence-electron chi connectivity index (χ4n) is 2.17. The van der Waals surface area contributed by atoms with Crippen molar-refractivity contribution < 1.29 is 27.5 Å². The normalized spacial score (nSPS) is 11.3. The van der Waals surface area contributed by atoms with E-state index in [-0.39, 0.29) is 23.1 Å². The summed E-state index contributed by atoms with van der Waals surface area (Å²) in [4.78, 5) is 22.3. The molecule has 0 aliphatic rings. The quantitative estimate of drug-likeness (QED) is 0.696. The smallest absolute Gasteiger partial charge is 0.335 e. The summed E-state index contributed by atoms with van der Waals surface area (Å²) >= 11 is 0. The molecule has 0 saturated carbocycles. The van der Waals surface area contributed by atoms with Crippen LogP contribution in [0.4, 0.5) is 15.8 Å². The summed E-state index contributed by atoms with van der Waals surface area (Å²) < 4.78 is 41.3. The van der Waals surface area contributed by atoms with Gasteiger partial charge in [-0.3, -0.25) is 9.52 Å². The second-order valence-corrected chi connectivity index (χ2v) is 7.86. The first-order valence-electron chi connectivity index (χ1n) is 7.98. The Morgan fingerprint density at radius 2 is 1.63 bits per heavy atom. The molecule has 9 heteroatoms.